The summed E-state index contributed by atoms with van der Waals surface area (Å²) in [5.41, 5.74) is 1.93. The van der Waals surface area contributed by atoms with Crippen LogP contribution in [0.4, 0.5) is 5.69 Å². The normalized spacial score (nSPS) is 11.1. The van der Waals surface area contributed by atoms with E-state index in [0.29, 0.717) is 22.4 Å². The smallest absolute Gasteiger partial charge is 0.338 e. The first-order valence-corrected chi connectivity index (χ1v) is 9.78. The van der Waals surface area contributed by atoms with Gasteiger partial charge in [0.1, 0.15) is 0 Å². The third kappa shape index (κ3) is 4.82. The number of nitrogens with one attached hydrogen (secondary N) is 1. The van der Waals surface area contributed by atoms with Gasteiger partial charge in [-0.05, 0) is 49.2 Å². The Labute approximate surface area is 150 Å². The molecule has 128 valence electrons. The highest BCUT2D eigenvalue weighted by Gasteiger charge is 2.17. The number of hydrogen-bond donors (Lipinski definition) is 1. The van der Waals surface area contributed by atoms with Gasteiger partial charge in [0.25, 0.3) is 0 Å². The van der Waals surface area contributed by atoms with Crippen molar-refractivity contribution in [2.75, 3.05) is 11.3 Å². The molecule has 24 heavy (non-hydrogen) atoms. The topological polar surface area (TPSA) is 72.5 Å². The van der Waals surface area contributed by atoms with Crippen LogP contribution < -0.4 is 4.72 Å². The summed E-state index contributed by atoms with van der Waals surface area (Å²) in [4.78, 5) is 11.9. The molecule has 0 aromatic heterocycles. The Morgan fingerprint density at radius 1 is 1.17 bits per heavy atom. The van der Waals surface area contributed by atoms with E-state index in [-0.39, 0.29) is 12.4 Å². The summed E-state index contributed by atoms with van der Waals surface area (Å²) >= 11 is 3.31. The third-order valence-electron chi connectivity index (χ3n) is 3.36. The Morgan fingerprint density at radius 3 is 2.46 bits per heavy atom. The van der Waals surface area contributed by atoms with Gasteiger partial charge in [-0.1, -0.05) is 34.1 Å². The van der Waals surface area contributed by atoms with E-state index in [1.807, 2.05) is 0 Å². The molecule has 0 saturated heterocycles. The summed E-state index contributed by atoms with van der Waals surface area (Å²) in [5.74, 6) is -0.618. The molecule has 7 heteroatoms. The van der Waals surface area contributed by atoms with Crippen molar-refractivity contribution in [1.82, 2.24) is 0 Å². The molecule has 0 fully saturated rings. The molecule has 0 unspecified atom stereocenters. The lowest BCUT2D eigenvalue weighted by molar-refractivity contribution is 0.0525. The lowest BCUT2D eigenvalue weighted by atomic mass is 10.1. The van der Waals surface area contributed by atoms with Crippen LogP contribution in [0.3, 0.4) is 0 Å². The number of anilines is 1. The van der Waals surface area contributed by atoms with Crippen molar-refractivity contribution in [3.63, 3.8) is 0 Å². The highest BCUT2D eigenvalue weighted by atomic mass is 79.9. The van der Waals surface area contributed by atoms with E-state index in [2.05, 4.69) is 20.7 Å². The predicted molar refractivity (Wildman–Crippen MR) is 97.5 cm³/mol. The van der Waals surface area contributed by atoms with Crippen LogP contribution in [0.5, 0.6) is 0 Å². The van der Waals surface area contributed by atoms with Gasteiger partial charge >= 0.3 is 5.97 Å². The Hall–Kier alpha value is -1.86. The number of rotatable bonds is 6. The van der Waals surface area contributed by atoms with Crippen molar-refractivity contribution in [2.24, 2.45) is 0 Å². The molecule has 2 aromatic rings. The second kappa shape index (κ2) is 7.81. The number of sulfonamides is 1. The average molecular weight is 412 g/mol. The highest BCUT2D eigenvalue weighted by Crippen LogP contribution is 2.22. The Bertz CT molecular complexity index is 832. The SMILES string of the molecule is CCOC(=O)c1cccc(NS(=O)(=O)Cc2ccc(Br)cc2)c1C. The van der Waals surface area contributed by atoms with Crippen LogP contribution >= 0.6 is 15.9 Å². The predicted octanol–water partition coefficient (Wildman–Crippen LogP) is 3.88. The first kappa shape index (κ1) is 18.5. The van der Waals surface area contributed by atoms with Gasteiger partial charge in [0, 0.05) is 4.47 Å². The molecule has 0 bridgehead atoms. The van der Waals surface area contributed by atoms with Gasteiger partial charge in [-0.2, -0.15) is 0 Å². The van der Waals surface area contributed by atoms with E-state index in [9.17, 15) is 13.2 Å². The minimum absolute atomic E-state index is 0.149. The molecule has 0 aliphatic heterocycles. The fourth-order valence-electron chi connectivity index (χ4n) is 2.18. The van der Waals surface area contributed by atoms with Crippen LogP contribution in [0.25, 0.3) is 0 Å². The van der Waals surface area contributed by atoms with Crippen molar-refractivity contribution in [3.05, 3.63) is 63.6 Å². The summed E-state index contributed by atoms with van der Waals surface area (Å²) in [7, 11) is -3.60. The van der Waals surface area contributed by atoms with Gasteiger partial charge in [-0.3, -0.25) is 4.72 Å². The average Bonchev–Trinajstić information content (AvgIpc) is 2.51. The van der Waals surface area contributed by atoms with Gasteiger partial charge in [0.15, 0.2) is 0 Å². The molecule has 0 saturated carbocycles. The molecule has 2 aromatic carbocycles. The standard InChI is InChI=1S/C17H18BrNO4S/c1-3-23-17(20)15-5-4-6-16(12(15)2)19-24(21,22)11-13-7-9-14(18)10-8-13/h4-10,19H,3,11H2,1-2H3. The maximum absolute atomic E-state index is 12.4. The Kier molecular flexibility index (Phi) is 6.01. The van der Waals surface area contributed by atoms with Crippen molar-refractivity contribution >= 4 is 37.6 Å². The van der Waals surface area contributed by atoms with Crippen LogP contribution in [-0.2, 0) is 20.5 Å². The molecule has 0 heterocycles. The zero-order valence-corrected chi connectivity index (χ0v) is 15.8. The fourth-order valence-corrected chi connectivity index (χ4v) is 3.70. The fraction of sp³-hybridized carbons (Fsp3) is 0.235. The molecule has 0 atom stereocenters. The maximum Gasteiger partial charge on any atom is 0.338 e. The highest BCUT2D eigenvalue weighted by molar-refractivity contribution is 9.10. The van der Waals surface area contributed by atoms with Crippen LogP contribution in [0.2, 0.25) is 0 Å². The minimum Gasteiger partial charge on any atom is -0.462 e. The quantitative estimate of drug-likeness (QED) is 0.731. The summed E-state index contributed by atoms with van der Waals surface area (Å²) in [5, 5.41) is 0. The molecule has 0 radical (unpaired) electrons. The van der Waals surface area contributed by atoms with Gasteiger partial charge < -0.3 is 4.74 Å². The number of esters is 1. The van der Waals surface area contributed by atoms with Crippen molar-refractivity contribution in [3.8, 4) is 0 Å². The molecular formula is C17H18BrNO4S. The maximum atomic E-state index is 12.4. The van der Waals surface area contributed by atoms with Crippen molar-refractivity contribution < 1.29 is 17.9 Å². The number of carbonyl (C=O) groups excluding carboxylic acids is 1. The third-order valence-corrected chi connectivity index (χ3v) is 5.14. The summed E-state index contributed by atoms with van der Waals surface area (Å²) in [6.45, 7) is 3.67. The molecule has 2 rings (SSSR count). The summed E-state index contributed by atoms with van der Waals surface area (Å²) < 4.78 is 33.2. The first-order valence-electron chi connectivity index (χ1n) is 7.34. The second-order valence-corrected chi connectivity index (χ2v) is 7.82. The van der Waals surface area contributed by atoms with E-state index in [1.54, 1.807) is 56.3 Å². The number of hydrogen-bond acceptors (Lipinski definition) is 4. The summed E-state index contributed by atoms with van der Waals surface area (Å²) in [6, 6.07) is 11.9. The van der Waals surface area contributed by atoms with Crippen LogP contribution in [0.1, 0.15) is 28.4 Å². The molecule has 0 aliphatic rings. The molecule has 0 amide bonds. The molecular weight excluding hydrogens is 394 g/mol. The number of halogens is 1. The van der Waals surface area contributed by atoms with Gasteiger partial charge in [0.2, 0.25) is 10.0 Å². The monoisotopic (exact) mass is 411 g/mol. The first-order chi connectivity index (χ1) is 11.3. The van der Waals surface area contributed by atoms with Crippen LogP contribution in [-0.4, -0.2) is 21.0 Å². The number of carbonyl (C=O) groups is 1. The number of benzene rings is 2. The van der Waals surface area contributed by atoms with Gasteiger partial charge in [-0.25, -0.2) is 13.2 Å². The Balaban J connectivity index is 2.21. The van der Waals surface area contributed by atoms with E-state index < -0.39 is 16.0 Å². The molecule has 0 spiro atoms. The van der Waals surface area contributed by atoms with E-state index in [1.165, 1.54) is 0 Å². The van der Waals surface area contributed by atoms with E-state index >= 15 is 0 Å². The van der Waals surface area contributed by atoms with E-state index in [4.69, 9.17) is 4.74 Å². The largest absolute Gasteiger partial charge is 0.462 e. The minimum atomic E-state index is -3.60. The Morgan fingerprint density at radius 2 is 1.83 bits per heavy atom. The zero-order chi connectivity index (χ0) is 17.7. The molecule has 1 N–H and O–H groups in total. The van der Waals surface area contributed by atoms with E-state index in [0.717, 1.165) is 4.47 Å². The summed E-state index contributed by atoms with van der Waals surface area (Å²) in [6.07, 6.45) is 0. The van der Waals surface area contributed by atoms with Crippen molar-refractivity contribution in [1.29, 1.82) is 0 Å². The molecule has 5 nitrogen and oxygen atoms in total. The van der Waals surface area contributed by atoms with Gasteiger partial charge in [-0.15, -0.1) is 0 Å². The molecule has 0 aliphatic carbocycles. The zero-order valence-electron chi connectivity index (χ0n) is 13.4. The van der Waals surface area contributed by atoms with Crippen molar-refractivity contribution in [2.45, 2.75) is 19.6 Å². The lowest BCUT2D eigenvalue weighted by Crippen LogP contribution is -2.17. The lowest BCUT2D eigenvalue weighted by Gasteiger charge is -2.13. The second-order valence-electron chi connectivity index (χ2n) is 5.19. The van der Waals surface area contributed by atoms with Crippen LogP contribution in [0, 0.1) is 6.92 Å². The number of ether oxygens (including phenoxy) is 1. The van der Waals surface area contributed by atoms with Gasteiger partial charge in [0.05, 0.1) is 23.6 Å². The van der Waals surface area contributed by atoms with Crippen LogP contribution in [0.15, 0.2) is 46.9 Å².